The molecule has 0 bridgehead atoms. The quantitative estimate of drug-likeness (QED) is 0.793. The van der Waals surface area contributed by atoms with E-state index in [0.717, 1.165) is 31.2 Å². The van der Waals surface area contributed by atoms with E-state index in [9.17, 15) is 4.79 Å². The summed E-state index contributed by atoms with van der Waals surface area (Å²) in [6.07, 6.45) is 6.96. The van der Waals surface area contributed by atoms with E-state index in [1.165, 1.54) is 6.33 Å². The van der Waals surface area contributed by atoms with E-state index < -0.39 is 0 Å². The van der Waals surface area contributed by atoms with Gasteiger partial charge in [0.1, 0.15) is 18.8 Å². The molecule has 0 saturated heterocycles. The molecule has 23 heavy (non-hydrogen) atoms. The number of esters is 1. The van der Waals surface area contributed by atoms with Crippen LogP contribution in [0.3, 0.4) is 0 Å². The predicted molar refractivity (Wildman–Crippen MR) is 84.0 cm³/mol. The molecule has 1 aromatic carbocycles. The Morgan fingerprint density at radius 1 is 1.30 bits per heavy atom. The van der Waals surface area contributed by atoms with Gasteiger partial charge in [-0.05, 0) is 30.9 Å². The number of aromatic nitrogens is 3. The smallest absolute Gasteiger partial charge is 0.338 e. The van der Waals surface area contributed by atoms with Gasteiger partial charge in [-0.25, -0.2) is 14.5 Å². The lowest BCUT2D eigenvalue weighted by Crippen LogP contribution is -2.29. The first-order valence-electron chi connectivity index (χ1n) is 7.90. The van der Waals surface area contributed by atoms with E-state index in [2.05, 4.69) is 10.1 Å². The van der Waals surface area contributed by atoms with Crippen molar-refractivity contribution in [3.8, 4) is 0 Å². The lowest BCUT2D eigenvalue weighted by Gasteiger charge is -2.28. The highest BCUT2D eigenvalue weighted by molar-refractivity contribution is 5.91. The largest absolute Gasteiger partial charge is 0.459 e. The Morgan fingerprint density at radius 3 is 2.91 bits per heavy atom. The Kier molecular flexibility index (Phi) is 5.02. The maximum atomic E-state index is 12.5. The first kappa shape index (κ1) is 15.7. The summed E-state index contributed by atoms with van der Waals surface area (Å²) in [5, 5.41) is 4.09. The van der Waals surface area contributed by atoms with E-state index in [1.54, 1.807) is 24.2 Å². The van der Waals surface area contributed by atoms with Crippen LogP contribution in [0.1, 0.15) is 41.6 Å². The highest BCUT2D eigenvalue weighted by Gasteiger charge is 2.25. The molecule has 0 unspecified atom stereocenters. The monoisotopic (exact) mass is 315 g/mol. The van der Waals surface area contributed by atoms with Gasteiger partial charge >= 0.3 is 5.97 Å². The zero-order valence-electron chi connectivity index (χ0n) is 13.2. The van der Waals surface area contributed by atoms with Crippen LogP contribution in [0.25, 0.3) is 0 Å². The second kappa shape index (κ2) is 7.37. The van der Waals surface area contributed by atoms with Gasteiger partial charge in [0, 0.05) is 13.5 Å². The van der Waals surface area contributed by atoms with Crippen molar-refractivity contribution in [1.29, 1.82) is 0 Å². The molecule has 0 aliphatic heterocycles. The summed E-state index contributed by atoms with van der Waals surface area (Å²) in [5.41, 5.74) is 1.46. The van der Waals surface area contributed by atoms with Gasteiger partial charge in [-0.1, -0.05) is 18.2 Å². The number of carbonyl (C=O) groups is 1. The molecule has 2 aromatic rings. The lowest BCUT2D eigenvalue weighted by atomic mass is 9.95. The molecule has 3 rings (SSSR count). The normalized spacial score (nSPS) is 21.1. The number of methoxy groups -OCH3 is 1. The minimum atomic E-state index is -0.275. The van der Waals surface area contributed by atoms with Gasteiger partial charge in [-0.2, -0.15) is 5.10 Å². The summed E-state index contributed by atoms with van der Waals surface area (Å²) in [6, 6.07) is 7.47. The Labute approximate surface area is 135 Å². The van der Waals surface area contributed by atoms with Crippen molar-refractivity contribution in [1.82, 2.24) is 14.8 Å². The number of carbonyl (C=O) groups excluding carboxylic acids is 1. The van der Waals surface area contributed by atoms with Gasteiger partial charge in [0.15, 0.2) is 0 Å². The molecule has 0 N–H and O–H groups in total. The van der Waals surface area contributed by atoms with Gasteiger partial charge in [0.2, 0.25) is 0 Å². The zero-order valence-corrected chi connectivity index (χ0v) is 13.2. The van der Waals surface area contributed by atoms with E-state index in [0.29, 0.717) is 12.1 Å². The van der Waals surface area contributed by atoms with Crippen LogP contribution in [-0.4, -0.2) is 40.1 Å². The predicted octanol–water partition coefficient (Wildman–Crippen LogP) is 2.44. The number of rotatable bonds is 5. The third-order valence-corrected chi connectivity index (χ3v) is 4.22. The topological polar surface area (TPSA) is 66.2 Å². The summed E-state index contributed by atoms with van der Waals surface area (Å²) in [4.78, 5) is 16.5. The summed E-state index contributed by atoms with van der Waals surface area (Å²) in [7, 11) is 1.71. The van der Waals surface area contributed by atoms with Crippen LogP contribution >= 0.6 is 0 Å². The summed E-state index contributed by atoms with van der Waals surface area (Å²) in [5.74, 6) is -0.275. The van der Waals surface area contributed by atoms with Crippen molar-refractivity contribution in [2.24, 2.45) is 0 Å². The minimum Gasteiger partial charge on any atom is -0.459 e. The summed E-state index contributed by atoms with van der Waals surface area (Å²) >= 11 is 0. The Bertz CT molecular complexity index is 642. The fourth-order valence-electron chi connectivity index (χ4n) is 2.98. The molecule has 1 fully saturated rings. The number of benzene rings is 1. The van der Waals surface area contributed by atoms with Gasteiger partial charge in [-0.3, -0.25) is 0 Å². The number of hydrogen-bond donors (Lipinski definition) is 0. The lowest BCUT2D eigenvalue weighted by molar-refractivity contribution is -0.0150. The second-order valence-electron chi connectivity index (χ2n) is 5.80. The molecular weight excluding hydrogens is 294 g/mol. The molecule has 6 nitrogen and oxygen atoms in total. The average Bonchev–Trinajstić information content (AvgIpc) is 3.08. The van der Waals surface area contributed by atoms with Crippen LogP contribution in [0.5, 0.6) is 0 Å². The van der Waals surface area contributed by atoms with Gasteiger partial charge < -0.3 is 9.47 Å². The zero-order chi connectivity index (χ0) is 16.1. The second-order valence-corrected chi connectivity index (χ2v) is 5.80. The van der Waals surface area contributed by atoms with Gasteiger partial charge in [0.25, 0.3) is 0 Å². The van der Waals surface area contributed by atoms with Crippen LogP contribution in [-0.2, 0) is 16.0 Å². The third kappa shape index (κ3) is 3.96. The average molecular weight is 315 g/mol. The molecule has 1 aliphatic rings. The SMILES string of the molecule is CO[C@H]1CCC[C@@H](OC(=O)c2ccccc2Cn2cncn2)C1. The Balaban J connectivity index is 1.69. The standard InChI is InChI=1S/C17H21N3O3/c1-22-14-6-4-7-15(9-14)23-17(21)16-8-3-2-5-13(16)10-20-12-18-11-19-20/h2-3,5,8,11-12,14-15H,4,6-7,9-10H2,1H3/t14-,15+/m0/s1. The molecule has 1 aromatic heterocycles. The first-order valence-corrected chi connectivity index (χ1v) is 7.90. The molecule has 122 valence electrons. The molecular formula is C17H21N3O3. The van der Waals surface area contributed by atoms with E-state index >= 15 is 0 Å². The Hall–Kier alpha value is -2.21. The van der Waals surface area contributed by atoms with Crippen molar-refractivity contribution in [3.63, 3.8) is 0 Å². The fraction of sp³-hybridized carbons (Fsp3) is 0.471. The Morgan fingerprint density at radius 2 is 2.13 bits per heavy atom. The van der Waals surface area contributed by atoms with E-state index in [4.69, 9.17) is 9.47 Å². The highest BCUT2D eigenvalue weighted by Crippen LogP contribution is 2.24. The maximum Gasteiger partial charge on any atom is 0.338 e. The molecule has 6 heteroatoms. The fourth-order valence-corrected chi connectivity index (χ4v) is 2.98. The van der Waals surface area contributed by atoms with Crippen LogP contribution in [0, 0.1) is 0 Å². The molecule has 1 aliphatic carbocycles. The molecule has 0 radical (unpaired) electrons. The summed E-state index contributed by atoms with van der Waals surface area (Å²) in [6.45, 7) is 0.497. The van der Waals surface area contributed by atoms with Crippen molar-refractivity contribution >= 4 is 5.97 Å². The van der Waals surface area contributed by atoms with Crippen molar-refractivity contribution in [2.75, 3.05) is 7.11 Å². The number of hydrogen-bond acceptors (Lipinski definition) is 5. The third-order valence-electron chi connectivity index (χ3n) is 4.22. The highest BCUT2D eigenvalue weighted by atomic mass is 16.5. The summed E-state index contributed by atoms with van der Waals surface area (Å²) < 4.78 is 12.8. The van der Waals surface area contributed by atoms with Crippen molar-refractivity contribution in [3.05, 3.63) is 48.0 Å². The number of nitrogens with zero attached hydrogens (tertiary/aromatic N) is 3. The molecule has 1 heterocycles. The van der Waals surface area contributed by atoms with Crippen LogP contribution in [0.2, 0.25) is 0 Å². The number of ether oxygens (including phenoxy) is 2. The molecule has 0 amide bonds. The molecule has 2 atom stereocenters. The van der Waals surface area contributed by atoms with E-state index in [1.807, 2.05) is 18.2 Å². The van der Waals surface area contributed by atoms with Crippen molar-refractivity contribution < 1.29 is 14.3 Å². The van der Waals surface area contributed by atoms with Gasteiger partial charge in [-0.15, -0.1) is 0 Å². The van der Waals surface area contributed by atoms with Gasteiger partial charge in [0.05, 0.1) is 18.2 Å². The first-order chi connectivity index (χ1) is 11.3. The van der Waals surface area contributed by atoms with E-state index in [-0.39, 0.29) is 18.2 Å². The van der Waals surface area contributed by atoms with Crippen LogP contribution in [0.15, 0.2) is 36.9 Å². The molecule has 1 saturated carbocycles. The van der Waals surface area contributed by atoms with Crippen molar-refractivity contribution in [2.45, 2.75) is 44.4 Å². The van der Waals surface area contributed by atoms with Crippen LogP contribution in [0.4, 0.5) is 0 Å². The maximum absolute atomic E-state index is 12.5. The molecule has 0 spiro atoms. The minimum absolute atomic E-state index is 0.0689. The van der Waals surface area contributed by atoms with Crippen LogP contribution < -0.4 is 0 Å².